The first-order valence-corrected chi connectivity index (χ1v) is 17.4. The van der Waals surface area contributed by atoms with Crippen LogP contribution >= 0.6 is 11.6 Å². The molecule has 0 spiro atoms. The molecule has 1 saturated heterocycles. The Labute approximate surface area is 300 Å². The molecule has 266 valence electrons. The molecule has 1 saturated carbocycles. The van der Waals surface area contributed by atoms with Crippen molar-refractivity contribution in [2.45, 2.75) is 38.1 Å². The van der Waals surface area contributed by atoms with Gasteiger partial charge >= 0.3 is 6.09 Å². The number of H-pyrrole nitrogens is 1. The maximum absolute atomic E-state index is 13.8. The summed E-state index contributed by atoms with van der Waals surface area (Å²) in [6.07, 6.45) is 1.84. The Morgan fingerprint density at radius 1 is 0.902 bits per heavy atom. The van der Waals surface area contributed by atoms with E-state index in [4.69, 9.17) is 21.4 Å². The lowest BCUT2D eigenvalue weighted by atomic mass is 9.81. The van der Waals surface area contributed by atoms with E-state index in [1.165, 1.54) is 0 Å². The maximum Gasteiger partial charge on any atom is 0.404 e. The van der Waals surface area contributed by atoms with Crippen LogP contribution in [0.3, 0.4) is 0 Å². The molecule has 14 heteroatoms. The van der Waals surface area contributed by atoms with Crippen molar-refractivity contribution in [3.05, 3.63) is 89.2 Å². The van der Waals surface area contributed by atoms with Crippen LogP contribution in [0.2, 0.25) is 5.28 Å². The number of ether oxygens (including phenoxy) is 1. The van der Waals surface area contributed by atoms with E-state index in [-0.39, 0.29) is 41.3 Å². The Morgan fingerprint density at radius 3 is 2.27 bits per heavy atom. The number of nitrogens with zero attached hydrogens (tertiary/aromatic N) is 3. The molecular formula is C37H40ClN7O6. The van der Waals surface area contributed by atoms with Crippen LogP contribution in [0, 0.1) is 11.8 Å². The van der Waals surface area contributed by atoms with Crippen LogP contribution < -0.4 is 16.0 Å². The van der Waals surface area contributed by atoms with Gasteiger partial charge < -0.3 is 35.7 Å². The highest BCUT2D eigenvalue weighted by molar-refractivity contribution is 6.28. The number of halogens is 1. The summed E-state index contributed by atoms with van der Waals surface area (Å²) in [6, 6.07) is 21.4. The van der Waals surface area contributed by atoms with Crippen LogP contribution in [0.1, 0.15) is 41.6 Å². The van der Waals surface area contributed by atoms with E-state index in [1.807, 2.05) is 48.5 Å². The third-order valence-electron chi connectivity index (χ3n) is 9.41. The van der Waals surface area contributed by atoms with E-state index >= 15 is 0 Å². The van der Waals surface area contributed by atoms with Crippen LogP contribution in [-0.4, -0.2) is 87.9 Å². The number of hydrogen-bond donors (Lipinski definition) is 5. The fraction of sp³-hybridized carbons (Fsp3) is 0.351. The van der Waals surface area contributed by atoms with Crippen molar-refractivity contribution in [2.24, 2.45) is 11.8 Å². The SMILES string of the molecule is O=C(O)NC[C@H]1CC[C@H](C(=O)N[C@@H](Cc2cccc(-c3ccc(C(=O)N4CCOCC4)cc3)c2)C(=O)Nc2ccc(-c3nnc(Cl)[nH]3)cc2)CC1. The molecule has 1 aliphatic carbocycles. The standard InChI is InChI=1S/C37H40ClN7O6/c38-36-42-32(43-44-36)26-12-14-30(15-13-26)40-34(47)31(41-33(46)27-6-4-23(5-7-27)22-39-37(49)50)21-24-2-1-3-29(20-24)25-8-10-28(11-9-25)35(48)45-16-18-51-19-17-45/h1-3,8-15,20,23,27,31,39H,4-7,16-19,21-22H2,(H,40,47)(H,41,46)(H,49,50)(H,42,43,44)/t23-,27-,31-/m0/s1. The molecule has 4 amide bonds. The highest BCUT2D eigenvalue weighted by Crippen LogP contribution is 2.29. The average molecular weight is 714 g/mol. The smallest absolute Gasteiger partial charge is 0.404 e. The number of morpholine rings is 1. The fourth-order valence-electron chi connectivity index (χ4n) is 6.54. The zero-order valence-corrected chi connectivity index (χ0v) is 28.7. The lowest BCUT2D eigenvalue weighted by Crippen LogP contribution is -2.48. The predicted octanol–water partition coefficient (Wildman–Crippen LogP) is 5.00. The molecule has 1 atom stereocenters. The Morgan fingerprint density at radius 2 is 1.61 bits per heavy atom. The summed E-state index contributed by atoms with van der Waals surface area (Å²) in [7, 11) is 0. The first kappa shape index (κ1) is 35.6. The lowest BCUT2D eigenvalue weighted by molar-refractivity contribution is -0.130. The highest BCUT2D eigenvalue weighted by atomic mass is 35.5. The molecule has 5 N–H and O–H groups in total. The third-order valence-corrected chi connectivity index (χ3v) is 9.58. The summed E-state index contributed by atoms with van der Waals surface area (Å²) in [5.74, 6) is -0.196. The Balaban J connectivity index is 1.15. The van der Waals surface area contributed by atoms with Gasteiger partial charge in [-0.05, 0) is 96.3 Å². The number of aromatic amines is 1. The number of rotatable bonds is 11. The molecule has 13 nitrogen and oxygen atoms in total. The van der Waals surface area contributed by atoms with Crippen molar-refractivity contribution in [3.63, 3.8) is 0 Å². The molecule has 1 aliphatic heterocycles. The molecule has 4 aromatic rings. The summed E-state index contributed by atoms with van der Waals surface area (Å²) in [6.45, 7) is 2.58. The minimum atomic E-state index is -1.05. The van der Waals surface area contributed by atoms with Crippen molar-refractivity contribution in [2.75, 3.05) is 38.2 Å². The summed E-state index contributed by atoms with van der Waals surface area (Å²) in [5.41, 5.74) is 4.58. The molecule has 3 aromatic carbocycles. The molecule has 51 heavy (non-hydrogen) atoms. The molecule has 2 aliphatic rings. The molecule has 0 unspecified atom stereocenters. The molecule has 6 rings (SSSR count). The van der Waals surface area contributed by atoms with E-state index in [1.54, 1.807) is 29.2 Å². The van der Waals surface area contributed by atoms with Gasteiger partial charge in [0.2, 0.25) is 17.1 Å². The summed E-state index contributed by atoms with van der Waals surface area (Å²) in [5, 5.41) is 25.3. The van der Waals surface area contributed by atoms with Gasteiger partial charge in [0.25, 0.3) is 5.91 Å². The first-order valence-electron chi connectivity index (χ1n) is 17.0. The van der Waals surface area contributed by atoms with Gasteiger partial charge in [-0.1, -0.05) is 36.4 Å². The zero-order chi connectivity index (χ0) is 35.7. The Hall–Kier alpha value is -5.27. The zero-order valence-electron chi connectivity index (χ0n) is 27.9. The van der Waals surface area contributed by atoms with Crippen molar-refractivity contribution in [3.8, 4) is 22.5 Å². The van der Waals surface area contributed by atoms with E-state index in [0.29, 0.717) is 62.8 Å². The molecule has 1 aromatic heterocycles. The number of benzene rings is 3. The lowest BCUT2D eigenvalue weighted by Gasteiger charge is -2.29. The van der Waals surface area contributed by atoms with E-state index in [2.05, 4.69) is 31.1 Å². The highest BCUT2D eigenvalue weighted by Gasteiger charge is 2.30. The number of anilines is 1. The number of aromatic nitrogens is 3. The second kappa shape index (κ2) is 16.6. The van der Waals surface area contributed by atoms with Crippen molar-refractivity contribution >= 4 is 41.1 Å². The van der Waals surface area contributed by atoms with Crippen LogP contribution in [0.25, 0.3) is 22.5 Å². The number of carboxylic acid groups (broad SMARTS) is 1. The van der Waals surface area contributed by atoms with Gasteiger partial charge in [0.05, 0.1) is 13.2 Å². The van der Waals surface area contributed by atoms with E-state index in [0.717, 1.165) is 35.1 Å². The Kier molecular flexibility index (Phi) is 11.6. The summed E-state index contributed by atoms with van der Waals surface area (Å²) in [4.78, 5) is 55.9. The van der Waals surface area contributed by atoms with Gasteiger partial charge in [0.15, 0.2) is 5.82 Å². The number of carbonyl (C=O) groups is 4. The predicted molar refractivity (Wildman–Crippen MR) is 191 cm³/mol. The third kappa shape index (κ3) is 9.50. The second-order valence-corrected chi connectivity index (χ2v) is 13.2. The van der Waals surface area contributed by atoms with Gasteiger partial charge in [-0.3, -0.25) is 14.4 Å². The largest absolute Gasteiger partial charge is 0.465 e. The number of carbonyl (C=O) groups excluding carboxylic acids is 3. The normalized spacial score (nSPS) is 18.0. The van der Waals surface area contributed by atoms with Gasteiger partial charge in [-0.25, -0.2) is 4.79 Å². The van der Waals surface area contributed by atoms with Crippen molar-refractivity contribution in [1.82, 2.24) is 30.7 Å². The quantitative estimate of drug-likeness (QED) is 0.144. The van der Waals surface area contributed by atoms with Gasteiger partial charge in [-0.15, -0.1) is 10.2 Å². The van der Waals surface area contributed by atoms with Crippen molar-refractivity contribution < 1.29 is 29.0 Å². The van der Waals surface area contributed by atoms with Crippen LogP contribution in [0.5, 0.6) is 0 Å². The van der Waals surface area contributed by atoms with Crippen LogP contribution in [-0.2, 0) is 20.7 Å². The summed E-state index contributed by atoms with van der Waals surface area (Å²) < 4.78 is 5.37. The molecule has 2 fully saturated rings. The van der Waals surface area contributed by atoms with Gasteiger partial charge in [0.1, 0.15) is 6.04 Å². The van der Waals surface area contributed by atoms with E-state index in [9.17, 15) is 19.2 Å². The van der Waals surface area contributed by atoms with Crippen molar-refractivity contribution in [1.29, 1.82) is 0 Å². The molecule has 0 bridgehead atoms. The topological polar surface area (TPSA) is 179 Å². The van der Waals surface area contributed by atoms with Gasteiger partial charge in [-0.2, -0.15) is 0 Å². The first-order chi connectivity index (χ1) is 24.7. The minimum Gasteiger partial charge on any atom is -0.465 e. The summed E-state index contributed by atoms with van der Waals surface area (Å²) >= 11 is 5.87. The van der Waals surface area contributed by atoms with E-state index < -0.39 is 12.1 Å². The number of nitrogens with one attached hydrogen (secondary N) is 4. The van der Waals surface area contributed by atoms with Gasteiger partial charge in [0, 0.05) is 48.8 Å². The van der Waals surface area contributed by atoms with Crippen LogP contribution in [0.15, 0.2) is 72.8 Å². The number of amides is 4. The molecular weight excluding hydrogens is 674 g/mol. The minimum absolute atomic E-state index is 0.0226. The second-order valence-electron chi connectivity index (χ2n) is 12.9. The molecule has 0 radical (unpaired) electrons. The maximum atomic E-state index is 13.8. The fourth-order valence-corrected chi connectivity index (χ4v) is 6.67. The number of hydrogen-bond acceptors (Lipinski definition) is 7. The Bertz CT molecular complexity index is 1830. The van der Waals surface area contributed by atoms with Crippen LogP contribution in [0.4, 0.5) is 10.5 Å². The monoisotopic (exact) mass is 713 g/mol. The average Bonchev–Trinajstić information content (AvgIpc) is 3.60. The molecule has 2 heterocycles.